The highest BCUT2D eigenvalue weighted by Crippen LogP contribution is 2.37. The van der Waals surface area contributed by atoms with Gasteiger partial charge in [0.1, 0.15) is 6.61 Å². The number of carbonyl (C=O) groups is 1. The highest BCUT2D eigenvalue weighted by Gasteiger charge is 2.29. The number of hydrogen-bond acceptors (Lipinski definition) is 5. The van der Waals surface area contributed by atoms with Crippen LogP contribution in [0.15, 0.2) is 18.2 Å². The maximum atomic E-state index is 11.6. The van der Waals surface area contributed by atoms with E-state index in [0.29, 0.717) is 17.2 Å². The molecule has 0 aliphatic heterocycles. The van der Waals surface area contributed by atoms with Gasteiger partial charge in [-0.2, -0.15) is 0 Å². The predicted molar refractivity (Wildman–Crippen MR) is 71.2 cm³/mol. The van der Waals surface area contributed by atoms with Crippen molar-refractivity contribution in [1.29, 1.82) is 0 Å². The van der Waals surface area contributed by atoms with Gasteiger partial charge >= 0.3 is 0 Å². The Morgan fingerprint density at radius 1 is 1.26 bits per heavy atom. The van der Waals surface area contributed by atoms with Gasteiger partial charge in [0.2, 0.25) is 11.7 Å². The molecular weight excluding hydrogens is 248 g/mol. The van der Waals surface area contributed by atoms with E-state index in [1.54, 1.807) is 46.3 Å². The van der Waals surface area contributed by atoms with Crippen molar-refractivity contribution in [3.05, 3.63) is 18.2 Å². The molecule has 0 bridgehead atoms. The smallest absolute Gasteiger partial charge is 0.242 e. The Labute approximate surface area is 112 Å². The van der Waals surface area contributed by atoms with Gasteiger partial charge in [0.25, 0.3) is 0 Å². The number of benzene rings is 1. The summed E-state index contributed by atoms with van der Waals surface area (Å²) in [5.41, 5.74) is 1.35. The highest BCUT2D eigenvalue weighted by molar-refractivity contribution is 5.81. The maximum Gasteiger partial charge on any atom is 0.242 e. The number of para-hydroxylation sites is 1. The number of carbonyl (C=O) groups excluding carboxylic acids is 1. The van der Waals surface area contributed by atoms with Gasteiger partial charge in [-0.15, -0.1) is 0 Å². The fraction of sp³-hybridized carbons (Fsp3) is 0.462. The van der Waals surface area contributed by atoms with Gasteiger partial charge in [-0.05, 0) is 26.0 Å². The molecule has 0 spiro atoms. The molecule has 1 amide bonds. The average molecular weight is 268 g/mol. The van der Waals surface area contributed by atoms with Gasteiger partial charge in [-0.3, -0.25) is 10.2 Å². The molecule has 0 saturated heterocycles. The molecule has 0 aliphatic rings. The number of nitrogens with one attached hydrogen (secondary N) is 1. The minimum atomic E-state index is -0.763. The van der Waals surface area contributed by atoms with Gasteiger partial charge in [0.05, 0.1) is 19.6 Å². The van der Waals surface area contributed by atoms with Crippen LogP contribution < -0.4 is 25.5 Å². The molecule has 0 saturated carbocycles. The third-order valence-electron chi connectivity index (χ3n) is 2.71. The first-order chi connectivity index (χ1) is 8.96. The van der Waals surface area contributed by atoms with Crippen molar-refractivity contribution in [1.82, 2.24) is 5.43 Å². The lowest BCUT2D eigenvalue weighted by atomic mass is 9.94. The lowest BCUT2D eigenvalue weighted by molar-refractivity contribution is -0.130. The number of rotatable bonds is 6. The van der Waals surface area contributed by atoms with E-state index in [2.05, 4.69) is 5.43 Å². The fourth-order valence-electron chi connectivity index (χ4n) is 1.47. The van der Waals surface area contributed by atoms with Crippen molar-refractivity contribution >= 4 is 5.91 Å². The van der Waals surface area contributed by atoms with Crippen molar-refractivity contribution in [2.75, 3.05) is 20.8 Å². The minimum Gasteiger partial charge on any atom is -0.493 e. The molecular formula is C13H20N2O4. The monoisotopic (exact) mass is 268 g/mol. The van der Waals surface area contributed by atoms with E-state index in [9.17, 15) is 4.79 Å². The molecule has 106 valence electrons. The molecule has 0 heterocycles. The standard InChI is InChI=1S/C13H20N2O4/c1-13(2,12(16)15-14)8-19-11-9(17-3)6-5-7-10(11)18-4/h5-7H,8,14H2,1-4H3,(H,15,16). The molecule has 3 N–H and O–H groups in total. The Morgan fingerprint density at radius 3 is 2.21 bits per heavy atom. The summed E-state index contributed by atoms with van der Waals surface area (Å²) in [4.78, 5) is 11.6. The zero-order valence-electron chi connectivity index (χ0n) is 11.6. The van der Waals surface area contributed by atoms with Crippen LogP contribution in [0.5, 0.6) is 17.2 Å². The van der Waals surface area contributed by atoms with E-state index in [-0.39, 0.29) is 12.5 Å². The molecule has 0 aliphatic carbocycles. The molecule has 0 atom stereocenters. The average Bonchev–Trinajstić information content (AvgIpc) is 2.43. The Morgan fingerprint density at radius 2 is 1.79 bits per heavy atom. The van der Waals surface area contributed by atoms with Crippen molar-refractivity contribution in [3.8, 4) is 17.2 Å². The Bertz CT molecular complexity index is 424. The van der Waals surface area contributed by atoms with Crippen molar-refractivity contribution in [2.24, 2.45) is 11.3 Å². The lowest BCUT2D eigenvalue weighted by Gasteiger charge is -2.23. The molecule has 1 aromatic rings. The molecule has 0 unspecified atom stereocenters. The largest absolute Gasteiger partial charge is 0.493 e. The molecule has 19 heavy (non-hydrogen) atoms. The number of ether oxygens (including phenoxy) is 3. The van der Waals surface area contributed by atoms with Crippen molar-refractivity contribution in [3.63, 3.8) is 0 Å². The van der Waals surface area contributed by atoms with E-state index in [4.69, 9.17) is 20.1 Å². The molecule has 6 heteroatoms. The van der Waals surface area contributed by atoms with Crippen LogP contribution >= 0.6 is 0 Å². The third kappa shape index (κ3) is 3.51. The second-order valence-electron chi connectivity index (χ2n) is 4.64. The number of amides is 1. The van der Waals surface area contributed by atoms with Gasteiger partial charge < -0.3 is 14.2 Å². The van der Waals surface area contributed by atoms with Crippen LogP contribution in [0.1, 0.15) is 13.8 Å². The van der Waals surface area contributed by atoms with Crippen LogP contribution in [0.4, 0.5) is 0 Å². The van der Waals surface area contributed by atoms with Crippen LogP contribution in [0.2, 0.25) is 0 Å². The quantitative estimate of drug-likeness (QED) is 0.458. The molecule has 0 fully saturated rings. The van der Waals surface area contributed by atoms with Crippen LogP contribution in [0.3, 0.4) is 0 Å². The Kier molecular flexibility index (Phi) is 5.00. The zero-order valence-corrected chi connectivity index (χ0v) is 11.6. The number of hydrogen-bond donors (Lipinski definition) is 2. The SMILES string of the molecule is COc1cccc(OC)c1OCC(C)(C)C(=O)NN. The van der Waals surface area contributed by atoms with E-state index >= 15 is 0 Å². The Hall–Kier alpha value is -1.95. The van der Waals surface area contributed by atoms with E-state index in [1.165, 1.54) is 0 Å². The lowest BCUT2D eigenvalue weighted by Crippen LogP contribution is -2.44. The van der Waals surface area contributed by atoms with Crippen molar-refractivity contribution < 1.29 is 19.0 Å². The summed E-state index contributed by atoms with van der Waals surface area (Å²) < 4.78 is 16.1. The first-order valence-electron chi connectivity index (χ1n) is 5.81. The molecule has 0 aromatic heterocycles. The molecule has 0 radical (unpaired) electrons. The van der Waals surface area contributed by atoms with Crippen LogP contribution in [0, 0.1) is 5.41 Å². The van der Waals surface area contributed by atoms with Crippen LogP contribution in [-0.4, -0.2) is 26.7 Å². The van der Waals surface area contributed by atoms with Gasteiger partial charge in [0.15, 0.2) is 11.5 Å². The zero-order chi connectivity index (χ0) is 14.5. The minimum absolute atomic E-state index is 0.146. The summed E-state index contributed by atoms with van der Waals surface area (Å²) >= 11 is 0. The first-order valence-corrected chi connectivity index (χ1v) is 5.81. The van der Waals surface area contributed by atoms with Crippen molar-refractivity contribution in [2.45, 2.75) is 13.8 Å². The Balaban J connectivity index is 2.91. The maximum absolute atomic E-state index is 11.6. The van der Waals surface area contributed by atoms with Crippen LogP contribution in [-0.2, 0) is 4.79 Å². The first kappa shape index (κ1) is 15.1. The molecule has 1 rings (SSSR count). The highest BCUT2D eigenvalue weighted by atomic mass is 16.5. The number of methoxy groups -OCH3 is 2. The third-order valence-corrected chi connectivity index (χ3v) is 2.71. The number of nitrogens with two attached hydrogens (primary N) is 1. The molecule has 1 aromatic carbocycles. The normalized spacial score (nSPS) is 10.8. The summed E-state index contributed by atoms with van der Waals surface area (Å²) in [6, 6.07) is 5.31. The summed E-state index contributed by atoms with van der Waals surface area (Å²) in [5.74, 6) is 6.38. The second kappa shape index (κ2) is 6.29. The second-order valence-corrected chi connectivity index (χ2v) is 4.64. The summed E-state index contributed by atoms with van der Waals surface area (Å²) in [6.45, 7) is 3.61. The van der Waals surface area contributed by atoms with E-state index in [1.807, 2.05) is 0 Å². The van der Waals surface area contributed by atoms with E-state index in [0.717, 1.165) is 0 Å². The summed E-state index contributed by atoms with van der Waals surface area (Å²) in [7, 11) is 3.08. The van der Waals surface area contributed by atoms with Gasteiger partial charge in [-0.25, -0.2) is 5.84 Å². The van der Waals surface area contributed by atoms with Gasteiger partial charge in [-0.1, -0.05) is 6.07 Å². The fourth-order valence-corrected chi connectivity index (χ4v) is 1.47. The van der Waals surface area contributed by atoms with Crippen LogP contribution in [0.25, 0.3) is 0 Å². The summed E-state index contributed by atoms with van der Waals surface area (Å²) in [6.07, 6.45) is 0. The van der Waals surface area contributed by atoms with Gasteiger partial charge in [0, 0.05) is 0 Å². The summed E-state index contributed by atoms with van der Waals surface area (Å²) in [5, 5.41) is 0. The van der Waals surface area contributed by atoms with E-state index < -0.39 is 5.41 Å². The number of hydrazine groups is 1. The topological polar surface area (TPSA) is 82.8 Å². The predicted octanol–water partition coefficient (Wildman–Crippen LogP) is 1.10. The molecule has 6 nitrogen and oxygen atoms in total.